The number of aromatic carboxylic acids is 1. The molecule has 16 heavy (non-hydrogen) atoms. The van der Waals surface area contributed by atoms with Crippen molar-refractivity contribution in [2.75, 3.05) is 5.32 Å². The van der Waals surface area contributed by atoms with Gasteiger partial charge in [-0.15, -0.1) is 0 Å². The minimum absolute atomic E-state index is 0.0129. The standard InChI is InChI=1S/C12H17NO3/c1-8(9-4-2-3-5-9)13-11-7-6-10(16-11)12(14)15/h6-9,13H,2-5H2,1H3,(H,14,15). The Balaban J connectivity index is 1.94. The van der Waals surface area contributed by atoms with Crippen LogP contribution in [0.4, 0.5) is 5.88 Å². The molecule has 0 radical (unpaired) electrons. The van der Waals surface area contributed by atoms with Gasteiger partial charge in [0, 0.05) is 12.1 Å². The van der Waals surface area contributed by atoms with Crippen LogP contribution in [0.3, 0.4) is 0 Å². The zero-order valence-corrected chi connectivity index (χ0v) is 9.40. The largest absolute Gasteiger partial charge is 0.475 e. The Morgan fingerprint density at radius 3 is 2.75 bits per heavy atom. The summed E-state index contributed by atoms with van der Waals surface area (Å²) in [6.45, 7) is 2.12. The van der Waals surface area contributed by atoms with E-state index >= 15 is 0 Å². The summed E-state index contributed by atoms with van der Waals surface area (Å²) >= 11 is 0. The predicted octanol–water partition coefficient (Wildman–Crippen LogP) is 2.97. The molecule has 1 saturated carbocycles. The minimum atomic E-state index is -1.03. The fourth-order valence-corrected chi connectivity index (χ4v) is 2.33. The van der Waals surface area contributed by atoms with Crippen molar-refractivity contribution in [1.29, 1.82) is 0 Å². The maximum Gasteiger partial charge on any atom is 0.371 e. The van der Waals surface area contributed by atoms with Gasteiger partial charge in [-0.25, -0.2) is 4.79 Å². The van der Waals surface area contributed by atoms with Crippen molar-refractivity contribution in [3.63, 3.8) is 0 Å². The number of carboxylic acid groups (broad SMARTS) is 1. The van der Waals surface area contributed by atoms with Crippen LogP contribution < -0.4 is 5.32 Å². The Hall–Kier alpha value is -1.45. The summed E-state index contributed by atoms with van der Waals surface area (Å²) in [6.07, 6.45) is 5.10. The second kappa shape index (κ2) is 4.60. The predicted molar refractivity (Wildman–Crippen MR) is 60.7 cm³/mol. The van der Waals surface area contributed by atoms with Crippen LogP contribution in [0.1, 0.15) is 43.2 Å². The summed E-state index contributed by atoms with van der Waals surface area (Å²) in [6, 6.07) is 3.50. The average Bonchev–Trinajstić information content (AvgIpc) is 2.87. The number of furan rings is 1. The number of rotatable bonds is 4. The topological polar surface area (TPSA) is 62.5 Å². The summed E-state index contributed by atoms with van der Waals surface area (Å²) in [5.74, 6) is 0.192. The smallest absolute Gasteiger partial charge is 0.371 e. The van der Waals surface area contributed by atoms with E-state index in [4.69, 9.17) is 9.52 Å². The molecular formula is C12H17NO3. The average molecular weight is 223 g/mol. The van der Waals surface area contributed by atoms with Crippen LogP contribution >= 0.6 is 0 Å². The summed E-state index contributed by atoms with van der Waals surface area (Å²) in [7, 11) is 0. The maximum absolute atomic E-state index is 10.6. The van der Waals surface area contributed by atoms with E-state index in [0.717, 1.165) is 0 Å². The lowest BCUT2D eigenvalue weighted by molar-refractivity contribution is 0.0663. The molecule has 1 fully saturated rings. The number of nitrogens with one attached hydrogen (secondary N) is 1. The monoisotopic (exact) mass is 223 g/mol. The van der Waals surface area contributed by atoms with E-state index in [1.54, 1.807) is 6.07 Å². The van der Waals surface area contributed by atoms with Crippen LogP contribution in [0.5, 0.6) is 0 Å². The lowest BCUT2D eigenvalue weighted by Gasteiger charge is -2.19. The Morgan fingerprint density at radius 2 is 2.19 bits per heavy atom. The Morgan fingerprint density at radius 1 is 1.50 bits per heavy atom. The Labute approximate surface area is 94.6 Å². The van der Waals surface area contributed by atoms with Gasteiger partial charge < -0.3 is 14.8 Å². The van der Waals surface area contributed by atoms with Crippen LogP contribution in [-0.4, -0.2) is 17.1 Å². The highest BCUT2D eigenvalue weighted by Gasteiger charge is 2.22. The molecule has 1 heterocycles. The molecule has 1 aliphatic carbocycles. The highest BCUT2D eigenvalue weighted by molar-refractivity contribution is 5.84. The van der Waals surface area contributed by atoms with E-state index in [9.17, 15) is 4.79 Å². The van der Waals surface area contributed by atoms with Crippen molar-refractivity contribution < 1.29 is 14.3 Å². The van der Waals surface area contributed by atoms with Crippen molar-refractivity contribution in [3.8, 4) is 0 Å². The second-order valence-corrected chi connectivity index (χ2v) is 4.45. The van der Waals surface area contributed by atoms with Gasteiger partial charge in [0.2, 0.25) is 5.76 Å². The minimum Gasteiger partial charge on any atom is -0.475 e. The molecule has 0 aromatic carbocycles. The molecule has 1 aromatic heterocycles. The fraction of sp³-hybridized carbons (Fsp3) is 0.583. The SMILES string of the molecule is CC(Nc1ccc(C(=O)O)o1)C1CCCC1. The highest BCUT2D eigenvalue weighted by Crippen LogP contribution is 2.29. The van der Waals surface area contributed by atoms with Crippen molar-refractivity contribution in [1.82, 2.24) is 0 Å². The summed E-state index contributed by atoms with van der Waals surface area (Å²) in [4.78, 5) is 10.6. The van der Waals surface area contributed by atoms with Crippen molar-refractivity contribution in [3.05, 3.63) is 17.9 Å². The molecule has 1 aliphatic rings. The van der Waals surface area contributed by atoms with E-state index in [1.165, 1.54) is 31.7 Å². The first-order chi connectivity index (χ1) is 7.66. The van der Waals surface area contributed by atoms with Gasteiger partial charge in [0.1, 0.15) is 0 Å². The van der Waals surface area contributed by atoms with E-state index in [0.29, 0.717) is 17.8 Å². The summed E-state index contributed by atoms with van der Waals surface area (Å²) < 4.78 is 5.16. The fourth-order valence-electron chi connectivity index (χ4n) is 2.33. The van der Waals surface area contributed by atoms with E-state index < -0.39 is 5.97 Å². The first-order valence-electron chi connectivity index (χ1n) is 5.76. The summed E-state index contributed by atoms with van der Waals surface area (Å²) in [5, 5.41) is 12.0. The first-order valence-corrected chi connectivity index (χ1v) is 5.76. The first kappa shape index (κ1) is 11.0. The Kier molecular flexibility index (Phi) is 3.17. The molecular weight excluding hydrogens is 206 g/mol. The number of hydrogen-bond donors (Lipinski definition) is 2. The van der Waals surface area contributed by atoms with Crippen LogP contribution in [-0.2, 0) is 0 Å². The highest BCUT2D eigenvalue weighted by atomic mass is 16.4. The van der Waals surface area contributed by atoms with Gasteiger partial charge in [-0.2, -0.15) is 0 Å². The van der Waals surface area contributed by atoms with Crippen LogP contribution in [0.2, 0.25) is 0 Å². The molecule has 0 amide bonds. The molecule has 4 heteroatoms. The Bertz CT molecular complexity index is 366. The van der Waals surface area contributed by atoms with Gasteiger partial charge in [-0.05, 0) is 31.7 Å². The van der Waals surface area contributed by atoms with Crippen molar-refractivity contribution in [2.24, 2.45) is 5.92 Å². The molecule has 2 rings (SSSR count). The lowest BCUT2D eigenvalue weighted by Crippen LogP contribution is -2.23. The molecule has 1 atom stereocenters. The number of hydrogen-bond acceptors (Lipinski definition) is 3. The number of carboxylic acids is 1. The van der Waals surface area contributed by atoms with Crippen LogP contribution in [0, 0.1) is 5.92 Å². The molecule has 0 saturated heterocycles. The van der Waals surface area contributed by atoms with Crippen LogP contribution in [0.15, 0.2) is 16.5 Å². The van der Waals surface area contributed by atoms with Gasteiger partial charge in [0.05, 0.1) is 0 Å². The molecule has 0 spiro atoms. The quantitative estimate of drug-likeness (QED) is 0.823. The third kappa shape index (κ3) is 2.38. The molecule has 2 N–H and O–H groups in total. The van der Waals surface area contributed by atoms with Gasteiger partial charge in [-0.3, -0.25) is 0 Å². The van der Waals surface area contributed by atoms with Gasteiger partial charge in [0.25, 0.3) is 0 Å². The zero-order chi connectivity index (χ0) is 11.5. The molecule has 0 aliphatic heterocycles. The lowest BCUT2D eigenvalue weighted by atomic mass is 10.00. The zero-order valence-electron chi connectivity index (χ0n) is 9.40. The van der Waals surface area contributed by atoms with Gasteiger partial charge >= 0.3 is 5.97 Å². The third-order valence-electron chi connectivity index (χ3n) is 3.29. The van der Waals surface area contributed by atoms with E-state index in [1.807, 2.05) is 0 Å². The van der Waals surface area contributed by atoms with Gasteiger partial charge in [0.15, 0.2) is 5.88 Å². The number of anilines is 1. The maximum atomic E-state index is 10.6. The van der Waals surface area contributed by atoms with Crippen LogP contribution in [0.25, 0.3) is 0 Å². The second-order valence-electron chi connectivity index (χ2n) is 4.45. The molecule has 1 aromatic rings. The molecule has 0 bridgehead atoms. The van der Waals surface area contributed by atoms with Crippen molar-refractivity contribution >= 4 is 11.9 Å². The normalized spacial score (nSPS) is 18.6. The number of carbonyl (C=O) groups is 1. The van der Waals surface area contributed by atoms with E-state index in [-0.39, 0.29) is 5.76 Å². The third-order valence-corrected chi connectivity index (χ3v) is 3.29. The van der Waals surface area contributed by atoms with E-state index in [2.05, 4.69) is 12.2 Å². The molecule has 88 valence electrons. The molecule has 1 unspecified atom stereocenters. The summed E-state index contributed by atoms with van der Waals surface area (Å²) in [5.41, 5.74) is 0. The van der Waals surface area contributed by atoms with Crippen molar-refractivity contribution in [2.45, 2.75) is 38.6 Å². The molecule has 4 nitrogen and oxygen atoms in total. The van der Waals surface area contributed by atoms with Gasteiger partial charge in [-0.1, -0.05) is 12.8 Å².